The normalized spacial score (nSPS) is 12.7. The van der Waals surface area contributed by atoms with Crippen LogP contribution in [0.25, 0.3) is 0 Å². The second-order valence-electron chi connectivity index (χ2n) is 2.47. The number of rotatable bonds is 4. The average Bonchev–Trinajstić information content (AvgIpc) is 2.02. The molecule has 0 aromatic carbocycles. The fourth-order valence-electron chi connectivity index (χ4n) is 0.594. The summed E-state index contributed by atoms with van der Waals surface area (Å²) in [5.74, 6) is -0.117. The van der Waals surface area contributed by atoms with Crippen molar-refractivity contribution in [1.29, 1.82) is 0 Å². The van der Waals surface area contributed by atoms with E-state index >= 15 is 0 Å². The third-order valence-electron chi connectivity index (χ3n) is 1.59. The van der Waals surface area contributed by atoms with Gasteiger partial charge in [0, 0.05) is 14.2 Å². The number of carbonyl (C=O) groups excluding carboxylic acids is 1. The van der Waals surface area contributed by atoms with Crippen LogP contribution in [0.1, 0.15) is 6.92 Å². The standard InChI is InChI=1S/C7H15NO3/c1-6(4-9)8(2)7(10)5-11-3/h6,9H,4-5H2,1-3H3. The second-order valence-corrected chi connectivity index (χ2v) is 2.47. The predicted molar refractivity (Wildman–Crippen MR) is 41.2 cm³/mol. The number of carbonyl (C=O) groups is 1. The van der Waals surface area contributed by atoms with Gasteiger partial charge in [-0.15, -0.1) is 0 Å². The molecule has 0 saturated heterocycles. The largest absolute Gasteiger partial charge is 0.394 e. The van der Waals surface area contributed by atoms with Crippen LogP contribution in [0.5, 0.6) is 0 Å². The number of hydrogen-bond acceptors (Lipinski definition) is 3. The van der Waals surface area contributed by atoms with Crippen molar-refractivity contribution in [3.05, 3.63) is 0 Å². The molecular formula is C7H15NO3. The van der Waals surface area contributed by atoms with E-state index in [2.05, 4.69) is 4.74 Å². The van der Waals surface area contributed by atoms with Crippen LogP contribution >= 0.6 is 0 Å². The van der Waals surface area contributed by atoms with Gasteiger partial charge in [-0.25, -0.2) is 0 Å². The van der Waals surface area contributed by atoms with E-state index in [0.717, 1.165) is 0 Å². The van der Waals surface area contributed by atoms with Crippen molar-refractivity contribution in [3.8, 4) is 0 Å². The van der Waals surface area contributed by atoms with Crippen LogP contribution in [-0.2, 0) is 9.53 Å². The molecule has 0 aliphatic carbocycles. The Bertz CT molecular complexity index is 127. The van der Waals surface area contributed by atoms with Crippen molar-refractivity contribution in [1.82, 2.24) is 4.90 Å². The van der Waals surface area contributed by atoms with Crippen molar-refractivity contribution in [2.45, 2.75) is 13.0 Å². The molecule has 0 aromatic rings. The number of nitrogens with zero attached hydrogens (tertiary/aromatic N) is 1. The molecule has 0 saturated carbocycles. The van der Waals surface area contributed by atoms with Crippen LogP contribution in [0, 0.1) is 0 Å². The van der Waals surface area contributed by atoms with Gasteiger partial charge in [-0.1, -0.05) is 0 Å². The summed E-state index contributed by atoms with van der Waals surface area (Å²) in [4.78, 5) is 12.5. The summed E-state index contributed by atoms with van der Waals surface area (Å²) >= 11 is 0. The highest BCUT2D eigenvalue weighted by molar-refractivity contribution is 5.77. The lowest BCUT2D eigenvalue weighted by Gasteiger charge is -2.22. The molecule has 1 unspecified atom stereocenters. The number of aliphatic hydroxyl groups excluding tert-OH is 1. The van der Waals surface area contributed by atoms with E-state index in [4.69, 9.17) is 5.11 Å². The molecule has 66 valence electrons. The first kappa shape index (κ1) is 10.4. The lowest BCUT2D eigenvalue weighted by molar-refractivity contribution is -0.136. The van der Waals surface area contributed by atoms with Gasteiger partial charge < -0.3 is 14.7 Å². The van der Waals surface area contributed by atoms with E-state index in [9.17, 15) is 4.79 Å². The zero-order valence-corrected chi connectivity index (χ0v) is 7.20. The number of likely N-dealkylation sites (N-methyl/N-ethyl adjacent to an activating group) is 1. The van der Waals surface area contributed by atoms with Gasteiger partial charge in [0.05, 0.1) is 12.6 Å². The molecule has 1 amide bonds. The highest BCUT2D eigenvalue weighted by atomic mass is 16.5. The topological polar surface area (TPSA) is 49.8 Å². The minimum Gasteiger partial charge on any atom is -0.394 e. The number of methoxy groups -OCH3 is 1. The van der Waals surface area contributed by atoms with Crippen molar-refractivity contribution in [2.24, 2.45) is 0 Å². The van der Waals surface area contributed by atoms with Crippen LogP contribution < -0.4 is 0 Å². The summed E-state index contributed by atoms with van der Waals surface area (Å²) in [6, 6.07) is -0.141. The highest BCUT2D eigenvalue weighted by Gasteiger charge is 2.13. The molecule has 0 bridgehead atoms. The zero-order chi connectivity index (χ0) is 8.85. The third kappa shape index (κ3) is 3.34. The molecule has 0 heterocycles. The summed E-state index contributed by atoms with van der Waals surface area (Å²) in [6.07, 6.45) is 0. The number of ether oxygens (including phenoxy) is 1. The lowest BCUT2D eigenvalue weighted by atomic mass is 10.3. The molecule has 0 aliphatic heterocycles. The van der Waals surface area contributed by atoms with Gasteiger partial charge >= 0.3 is 0 Å². The maximum Gasteiger partial charge on any atom is 0.248 e. The molecule has 11 heavy (non-hydrogen) atoms. The monoisotopic (exact) mass is 161 g/mol. The average molecular weight is 161 g/mol. The fourth-order valence-corrected chi connectivity index (χ4v) is 0.594. The number of aliphatic hydroxyl groups is 1. The van der Waals surface area contributed by atoms with Crippen LogP contribution in [0.2, 0.25) is 0 Å². The Morgan fingerprint density at radius 3 is 2.64 bits per heavy atom. The first-order valence-electron chi connectivity index (χ1n) is 3.49. The molecular weight excluding hydrogens is 146 g/mol. The van der Waals surface area contributed by atoms with E-state index < -0.39 is 0 Å². The van der Waals surface area contributed by atoms with Gasteiger partial charge in [-0.3, -0.25) is 4.79 Å². The Hall–Kier alpha value is -0.610. The van der Waals surface area contributed by atoms with Gasteiger partial charge in [0.25, 0.3) is 0 Å². The maximum absolute atomic E-state index is 11.0. The van der Waals surface area contributed by atoms with Crippen LogP contribution in [0.3, 0.4) is 0 Å². The molecule has 0 aromatic heterocycles. The van der Waals surface area contributed by atoms with Crippen LogP contribution in [0.15, 0.2) is 0 Å². The highest BCUT2D eigenvalue weighted by Crippen LogP contribution is 1.94. The van der Waals surface area contributed by atoms with E-state index in [1.54, 1.807) is 14.0 Å². The fraction of sp³-hybridized carbons (Fsp3) is 0.857. The van der Waals surface area contributed by atoms with Crippen LogP contribution in [0.4, 0.5) is 0 Å². The SMILES string of the molecule is COCC(=O)N(C)C(C)CO. The second kappa shape index (κ2) is 5.09. The van der Waals surface area contributed by atoms with Gasteiger partial charge in [0.15, 0.2) is 0 Å². The molecule has 0 aliphatic rings. The summed E-state index contributed by atoms with van der Waals surface area (Å²) in [5, 5.41) is 8.69. The lowest BCUT2D eigenvalue weighted by Crippen LogP contribution is -2.39. The molecule has 0 spiro atoms. The Balaban J connectivity index is 3.80. The van der Waals surface area contributed by atoms with Crippen molar-refractivity contribution in [3.63, 3.8) is 0 Å². The Labute approximate surface area is 66.8 Å². The Kier molecular flexibility index (Phi) is 4.81. The summed E-state index contributed by atoms with van der Waals surface area (Å²) in [7, 11) is 3.11. The Morgan fingerprint density at radius 1 is 1.73 bits per heavy atom. The molecule has 4 nitrogen and oxygen atoms in total. The number of amides is 1. The number of hydrogen-bond donors (Lipinski definition) is 1. The third-order valence-corrected chi connectivity index (χ3v) is 1.59. The minimum atomic E-state index is -0.141. The molecule has 0 rings (SSSR count). The van der Waals surface area contributed by atoms with E-state index in [0.29, 0.717) is 0 Å². The predicted octanol–water partition coefficient (Wildman–Crippen LogP) is -0.528. The van der Waals surface area contributed by atoms with E-state index in [1.165, 1.54) is 12.0 Å². The van der Waals surface area contributed by atoms with Crippen molar-refractivity contribution >= 4 is 5.91 Å². The molecule has 0 radical (unpaired) electrons. The first-order chi connectivity index (χ1) is 5.13. The van der Waals surface area contributed by atoms with E-state index in [1.807, 2.05) is 0 Å². The van der Waals surface area contributed by atoms with Gasteiger partial charge in [0.1, 0.15) is 6.61 Å². The Morgan fingerprint density at radius 2 is 2.27 bits per heavy atom. The van der Waals surface area contributed by atoms with Crippen LogP contribution in [-0.4, -0.2) is 49.3 Å². The quantitative estimate of drug-likeness (QED) is 0.603. The minimum absolute atomic E-state index is 0.0219. The summed E-state index contributed by atoms with van der Waals surface area (Å²) < 4.78 is 4.65. The maximum atomic E-state index is 11.0. The van der Waals surface area contributed by atoms with Gasteiger partial charge in [0.2, 0.25) is 5.91 Å². The first-order valence-corrected chi connectivity index (χ1v) is 3.49. The van der Waals surface area contributed by atoms with Crippen molar-refractivity contribution < 1.29 is 14.6 Å². The molecule has 0 fully saturated rings. The molecule has 1 atom stereocenters. The summed E-state index contributed by atoms with van der Waals surface area (Å²) in [5.41, 5.74) is 0. The summed E-state index contributed by atoms with van der Waals surface area (Å²) in [6.45, 7) is 1.82. The van der Waals surface area contributed by atoms with Crippen molar-refractivity contribution in [2.75, 3.05) is 27.4 Å². The zero-order valence-electron chi connectivity index (χ0n) is 7.20. The molecule has 4 heteroatoms. The van der Waals surface area contributed by atoms with Gasteiger partial charge in [-0.05, 0) is 6.92 Å². The van der Waals surface area contributed by atoms with E-state index in [-0.39, 0.29) is 25.2 Å². The van der Waals surface area contributed by atoms with Gasteiger partial charge in [-0.2, -0.15) is 0 Å². The smallest absolute Gasteiger partial charge is 0.248 e. The molecule has 1 N–H and O–H groups in total.